The number of halogens is 1. The molecule has 122 valence electrons. The number of rotatable bonds is 6. The highest BCUT2D eigenvalue weighted by molar-refractivity contribution is 6.30. The third kappa shape index (κ3) is 4.28. The summed E-state index contributed by atoms with van der Waals surface area (Å²) in [5, 5.41) is 10.2. The minimum Gasteiger partial charge on any atom is -0.483 e. The molecule has 0 aliphatic heterocycles. The average Bonchev–Trinajstić information content (AvgIpc) is 2.64. The van der Waals surface area contributed by atoms with E-state index in [1.807, 2.05) is 66.7 Å². The van der Waals surface area contributed by atoms with Crippen molar-refractivity contribution in [3.8, 4) is 17.2 Å². The van der Waals surface area contributed by atoms with Crippen LogP contribution in [0.4, 0.5) is 0 Å². The standard InChI is InChI=1S/C20H17ClO3/c21-16-6-8-17(9-7-16)23-18-10-12-19(13-11-18)24-20(14-22)15-4-2-1-3-5-15/h1-13,20,22H,14H2. The topological polar surface area (TPSA) is 38.7 Å². The zero-order chi connectivity index (χ0) is 16.8. The first-order chi connectivity index (χ1) is 11.7. The first-order valence-electron chi connectivity index (χ1n) is 7.60. The van der Waals surface area contributed by atoms with Crippen LogP contribution < -0.4 is 9.47 Å². The Balaban J connectivity index is 1.66. The molecule has 1 N–H and O–H groups in total. The maximum absolute atomic E-state index is 9.55. The molecule has 3 aromatic rings. The van der Waals surface area contributed by atoms with Crippen LogP contribution in [0.1, 0.15) is 11.7 Å². The monoisotopic (exact) mass is 340 g/mol. The molecular weight excluding hydrogens is 324 g/mol. The summed E-state index contributed by atoms with van der Waals surface area (Å²) in [5.74, 6) is 2.08. The molecular formula is C20H17ClO3. The molecule has 0 fully saturated rings. The highest BCUT2D eigenvalue weighted by Gasteiger charge is 2.11. The predicted octanol–water partition coefficient (Wildman–Crippen LogP) is 5.24. The quantitative estimate of drug-likeness (QED) is 0.666. The normalized spacial score (nSPS) is 11.8. The molecule has 3 aromatic carbocycles. The summed E-state index contributed by atoms with van der Waals surface area (Å²) in [7, 11) is 0. The molecule has 0 radical (unpaired) electrons. The van der Waals surface area contributed by atoms with Crippen LogP contribution in [-0.2, 0) is 0 Å². The highest BCUT2D eigenvalue weighted by atomic mass is 35.5. The lowest BCUT2D eigenvalue weighted by Gasteiger charge is -2.17. The van der Waals surface area contributed by atoms with Gasteiger partial charge in [0.25, 0.3) is 0 Å². The molecule has 0 bridgehead atoms. The SMILES string of the molecule is OCC(Oc1ccc(Oc2ccc(Cl)cc2)cc1)c1ccccc1. The van der Waals surface area contributed by atoms with E-state index in [-0.39, 0.29) is 6.61 Å². The second kappa shape index (κ2) is 7.86. The smallest absolute Gasteiger partial charge is 0.147 e. The second-order valence-corrected chi connectivity index (χ2v) is 5.66. The van der Waals surface area contributed by atoms with Crippen molar-refractivity contribution in [2.24, 2.45) is 0 Å². The van der Waals surface area contributed by atoms with Gasteiger partial charge in [-0.25, -0.2) is 0 Å². The molecule has 1 atom stereocenters. The zero-order valence-corrected chi connectivity index (χ0v) is 13.7. The fraction of sp³-hybridized carbons (Fsp3) is 0.100. The minimum atomic E-state index is -0.394. The van der Waals surface area contributed by atoms with Gasteiger partial charge < -0.3 is 14.6 Å². The largest absolute Gasteiger partial charge is 0.483 e. The van der Waals surface area contributed by atoms with Crippen LogP contribution in [0.5, 0.6) is 17.2 Å². The maximum atomic E-state index is 9.55. The molecule has 4 heteroatoms. The molecule has 3 nitrogen and oxygen atoms in total. The molecule has 0 aliphatic rings. The molecule has 3 rings (SSSR count). The number of hydrogen-bond donors (Lipinski definition) is 1. The zero-order valence-electron chi connectivity index (χ0n) is 12.9. The van der Waals surface area contributed by atoms with Gasteiger partial charge in [0.2, 0.25) is 0 Å². The van der Waals surface area contributed by atoms with Crippen molar-refractivity contribution in [3.05, 3.63) is 89.4 Å². The number of benzene rings is 3. The van der Waals surface area contributed by atoms with Crippen LogP contribution in [0.2, 0.25) is 5.02 Å². The van der Waals surface area contributed by atoms with Crippen molar-refractivity contribution in [1.82, 2.24) is 0 Å². The lowest BCUT2D eigenvalue weighted by Crippen LogP contribution is -2.11. The molecule has 1 unspecified atom stereocenters. The molecule has 0 amide bonds. The third-order valence-electron chi connectivity index (χ3n) is 3.49. The molecule has 0 aliphatic carbocycles. The van der Waals surface area contributed by atoms with Crippen LogP contribution in [0.15, 0.2) is 78.9 Å². The van der Waals surface area contributed by atoms with Crippen LogP contribution in [-0.4, -0.2) is 11.7 Å². The molecule has 24 heavy (non-hydrogen) atoms. The summed E-state index contributed by atoms with van der Waals surface area (Å²) < 4.78 is 11.6. The Labute approximate surface area is 146 Å². The van der Waals surface area contributed by atoms with Crippen molar-refractivity contribution in [1.29, 1.82) is 0 Å². The number of hydrogen-bond acceptors (Lipinski definition) is 3. The van der Waals surface area contributed by atoms with Crippen LogP contribution >= 0.6 is 11.6 Å². The van der Waals surface area contributed by atoms with Crippen molar-refractivity contribution >= 4 is 11.6 Å². The van der Waals surface area contributed by atoms with Crippen LogP contribution in [0.25, 0.3) is 0 Å². The van der Waals surface area contributed by atoms with E-state index in [0.29, 0.717) is 22.3 Å². The summed E-state index contributed by atoms with van der Waals surface area (Å²) in [4.78, 5) is 0. The summed E-state index contributed by atoms with van der Waals surface area (Å²) in [6.45, 7) is -0.0902. The van der Waals surface area contributed by atoms with E-state index in [0.717, 1.165) is 5.56 Å². The van der Waals surface area contributed by atoms with Gasteiger partial charge >= 0.3 is 0 Å². The number of ether oxygens (including phenoxy) is 2. The molecule has 0 saturated carbocycles. The van der Waals surface area contributed by atoms with Gasteiger partial charge in [0.15, 0.2) is 0 Å². The van der Waals surface area contributed by atoms with Crippen molar-refractivity contribution in [2.75, 3.05) is 6.61 Å². The second-order valence-electron chi connectivity index (χ2n) is 5.23. The molecule has 0 saturated heterocycles. The Morgan fingerprint density at radius 3 is 1.88 bits per heavy atom. The van der Waals surface area contributed by atoms with Crippen molar-refractivity contribution in [3.63, 3.8) is 0 Å². The van der Waals surface area contributed by atoms with E-state index in [2.05, 4.69) is 0 Å². The minimum absolute atomic E-state index is 0.0902. The van der Waals surface area contributed by atoms with Gasteiger partial charge in [0.1, 0.15) is 23.4 Å². The maximum Gasteiger partial charge on any atom is 0.147 e. The fourth-order valence-electron chi connectivity index (χ4n) is 2.27. The van der Waals surface area contributed by atoms with Gasteiger partial charge in [-0.15, -0.1) is 0 Å². The Bertz CT molecular complexity index is 755. The predicted molar refractivity (Wildman–Crippen MR) is 94.9 cm³/mol. The van der Waals surface area contributed by atoms with Crippen molar-refractivity contribution < 1.29 is 14.6 Å². The van der Waals surface area contributed by atoms with Gasteiger partial charge in [-0.05, 0) is 54.1 Å². The van der Waals surface area contributed by atoms with E-state index < -0.39 is 6.10 Å². The summed E-state index contributed by atoms with van der Waals surface area (Å²) in [6, 6.07) is 24.1. The molecule has 0 aromatic heterocycles. The van der Waals surface area contributed by atoms with E-state index in [9.17, 15) is 5.11 Å². The summed E-state index contributed by atoms with van der Waals surface area (Å²) in [6.07, 6.45) is -0.394. The fourth-order valence-corrected chi connectivity index (χ4v) is 2.39. The third-order valence-corrected chi connectivity index (χ3v) is 3.74. The van der Waals surface area contributed by atoms with E-state index in [4.69, 9.17) is 21.1 Å². The average molecular weight is 341 g/mol. The van der Waals surface area contributed by atoms with Gasteiger partial charge in [-0.1, -0.05) is 41.9 Å². The Hall–Kier alpha value is -2.49. The van der Waals surface area contributed by atoms with Crippen LogP contribution in [0.3, 0.4) is 0 Å². The molecule has 0 heterocycles. The highest BCUT2D eigenvalue weighted by Crippen LogP contribution is 2.27. The van der Waals surface area contributed by atoms with Gasteiger partial charge in [0.05, 0.1) is 6.61 Å². The van der Waals surface area contributed by atoms with Crippen LogP contribution in [0, 0.1) is 0 Å². The first-order valence-corrected chi connectivity index (χ1v) is 7.98. The summed E-state index contributed by atoms with van der Waals surface area (Å²) >= 11 is 5.86. The van der Waals surface area contributed by atoms with E-state index >= 15 is 0 Å². The number of aliphatic hydroxyl groups excluding tert-OH is 1. The van der Waals surface area contributed by atoms with Gasteiger partial charge in [-0.3, -0.25) is 0 Å². The Morgan fingerprint density at radius 1 is 0.750 bits per heavy atom. The lowest BCUT2D eigenvalue weighted by molar-refractivity contribution is 0.116. The van der Waals surface area contributed by atoms with Crippen molar-refractivity contribution in [2.45, 2.75) is 6.10 Å². The summed E-state index contributed by atoms with van der Waals surface area (Å²) in [5.41, 5.74) is 0.932. The Kier molecular flexibility index (Phi) is 5.36. The lowest BCUT2D eigenvalue weighted by atomic mass is 10.1. The van der Waals surface area contributed by atoms with Gasteiger partial charge in [0, 0.05) is 5.02 Å². The number of aliphatic hydroxyl groups is 1. The first kappa shape index (κ1) is 16.4. The molecule has 0 spiro atoms. The van der Waals surface area contributed by atoms with Gasteiger partial charge in [-0.2, -0.15) is 0 Å². The van der Waals surface area contributed by atoms with E-state index in [1.165, 1.54) is 0 Å². The Morgan fingerprint density at radius 2 is 1.29 bits per heavy atom. The van der Waals surface area contributed by atoms with E-state index in [1.54, 1.807) is 12.1 Å².